The van der Waals surface area contributed by atoms with Gasteiger partial charge in [0, 0.05) is 19.5 Å². The number of rotatable bonds is 7. The van der Waals surface area contributed by atoms with Gasteiger partial charge in [-0.2, -0.15) is 0 Å². The predicted molar refractivity (Wildman–Crippen MR) is 68.8 cm³/mol. The number of carbonyl (C=O) groups is 1. The van der Waals surface area contributed by atoms with Gasteiger partial charge in [0.1, 0.15) is 6.61 Å². The lowest BCUT2D eigenvalue weighted by atomic mass is 10.1. The third-order valence-electron chi connectivity index (χ3n) is 2.41. The summed E-state index contributed by atoms with van der Waals surface area (Å²) in [4.78, 5) is 11.1. The van der Waals surface area contributed by atoms with Crippen LogP contribution in [0.1, 0.15) is 30.9 Å². The monoisotopic (exact) mass is 235 g/mol. The highest BCUT2D eigenvalue weighted by molar-refractivity contribution is 5.69. The van der Waals surface area contributed by atoms with E-state index in [0.717, 1.165) is 13.0 Å². The van der Waals surface area contributed by atoms with Crippen LogP contribution < -0.4 is 5.32 Å². The van der Waals surface area contributed by atoms with Crippen molar-refractivity contribution in [2.75, 3.05) is 13.2 Å². The third-order valence-corrected chi connectivity index (χ3v) is 2.41. The zero-order chi connectivity index (χ0) is 12.5. The van der Waals surface area contributed by atoms with Gasteiger partial charge in [0.15, 0.2) is 0 Å². The number of esters is 1. The van der Waals surface area contributed by atoms with Gasteiger partial charge in [-0.1, -0.05) is 36.8 Å². The summed E-state index contributed by atoms with van der Waals surface area (Å²) in [5.41, 5.74) is 2.52. The second kappa shape index (κ2) is 7.85. The molecule has 1 N–H and O–H groups in total. The molecule has 0 atom stereocenters. The van der Waals surface area contributed by atoms with E-state index in [1.165, 1.54) is 11.1 Å². The topological polar surface area (TPSA) is 38.3 Å². The maximum atomic E-state index is 11.1. The standard InChI is InChI=1S/C14H21NO2/c1-3-5-14(16)17-9-8-15-11-13-7-4-6-12(2)10-13/h4,6-7,10,15H,3,5,8-9,11H2,1-2H3. The average molecular weight is 235 g/mol. The van der Waals surface area contributed by atoms with Crippen molar-refractivity contribution < 1.29 is 9.53 Å². The van der Waals surface area contributed by atoms with E-state index in [9.17, 15) is 4.79 Å². The van der Waals surface area contributed by atoms with Crippen molar-refractivity contribution in [3.63, 3.8) is 0 Å². The van der Waals surface area contributed by atoms with E-state index in [1.54, 1.807) is 0 Å². The molecule has 0 saturated carbocycles. The molecule has 0 aliphatic rings. The lowest BCUT2D eigenvalue weighted by Gasteiger charge is -2.06. The molecule has 94 valence electrons. The number of ether oxygens (including phenoxy) is 1. The number of hydrogen-bond donors (Lipinski definition) is 1. The molecule has 0 saturated heterocycles. The number of nitrogens with one attached hydrogen (secondary N) is 1. The fourth-order valence-electron chi connectivity index (χ4n) is 1.57. The lowest BCUT2D eigenvalue weighted by molar-refractivity contribution is -0.143. The molecule has 1 aromatic rings. The summed E-state index contributed by atoms with van der Waals surface area (Å²) in [6.07, 6.45) is 1.35. The first-order chi connectivity index (χ1) is 8.22. The largest absolute Gasteiger partial charge is 0.464 e. The van der Waals surface area contributed by atoms with E-state index in [4.69, 9.17) is 4.74 Å². The third kappa shape index (κ3) is 6.07. The van der Waals surface area contributed by atoms with Crippen LogP contribution in [0, 0.1) is 6.92 Å². The van der Waals surface area contributed by atoms with E-state index in [1.807, 2.05) is 13.0 Å². The quantitative estimate of drug-likeness (QED) is 0.582. The van der Waals surface area contributed by atoms with Crippen molar-refractivity contribution in [1.29, 1.82) is 0 Å². The van der Waals surface area contributed by atoms with E-state index < -0.39 is 0 Å². The molecule has 3 heteroatoms. The molecule has 0 unspecified atom stereocenters. The van der Waals surface area contributed by atoms with Crippen molar-refractivity contribution in [3.05, 3.63) is 35.4 Å². The summed E-state index contributed by atoms with van der Waals surface area (Å²) in [7, 11) is 0. The second-order valence-electron chi connectivity index (χ2n) is 4.14. The maximum absolute atomic E-state index is 11.1. The van der Waals surface area contributed by atoms with E-state index >= 15 is 0 Å². The summed E-state index contributed by atoms with van der Waals surface area (Å²) >= 11 is 0. The molecule has 1 rings (SSSR count). The first-order valence-electron chi connectivity index (χ1n) is 6.14. The molecule has 0 spiro atoms. The minimum atomic E-state index is -0.107. The normalized spacial score (nSPS) is 10.2. The first-order valence-corrected chi connectivity index (χ1v) is 6.14. The van der Waals surface area contributed by atoms with Crippen molar-refractivity contribution in [2.45, 2.75) is 33.2 Å². The molecule has 0 amide bonds. The van der Waals surface area contributed by atoms with Crippen LogP contribution in [0.5, 0.6) is 0 Å². The van der Waals surface area contributed by atoms with Gasteiger partial charge in [0.2, 0.25) is 0 Å². The summed E-state index contributed by atoms with van der Waals surface area (Å²) < 4.78 is 5.04. The minimum Gasteiger partial charge on any atom is -0.464 e. The molecule has 0 radical (unpaired) electrons. The van der Waals surface area contributed by atoms with Crippen molar-refractivity contribution in [3.8, 4) is 0 Å². The smallest absolute Gasteiger partial charge is 0.305 e. The first kappa shape index (κ1) is 13.7. The fraction of sp³-hybridized carbons (Fsp3) is 0.500. The summed E-state index contributed by atoms with van der Waals surface area (Å²) in [6, 6.07) is 8.36. The number of carbonyl (C=O) groups excluding carboxylic acids is 1. The number of hydrogen-bond acceptors (Lipinski definition) is 3. The molecule has 0 fully saturated rings. The Morgan fingerprint density at radius 1 is 1.41 bits per heavy atom. The van der Waals surface area contributed by atoms with E-state index in [-0.39, 0.29) is 5.97 Å². The van der Waals surface area contributed by atoms with Crippen LogP contribution in [0.25, 0.3) is 0 Å². The fourth-order valence-corrected chi connectivity index (χ4v) is 1.57. The maximum Gasteiger partial charge on any atom is 0.305 e. The Hall–Kier alpha value is -1.35. The van der Waals surface area contributed by atoms with E-state index in [2.05, 4.69) is 30.4 Å². The van der Waals surface area contributed by atoms with Gasteiger partial charge in [0.25, 0.3) is 0 Å². The zero-order valence-electron chi connectivity index (χ0n) is 10.7. The van der Waals surface area contributed by atoms with Crippen molar-refractivity contribution in [2.24, 2.45) is 0 Å². The highest BCUT2D eigenvalue weighted by Gasteiger charge is 1.99. The summed E-state index contributed by atoms with van der Waals surface area (Å²) in [5, 5.41) is 3.25. The van der Waals surface area contributed by atoms with Gasteiger partial charge < -0.3 is 10.1 Å². The van der Waals surface area contributed by atoms with Crippen LogP contribution in [-0.2, 0) is 16.1 Å². The second-order valence-corrected chi connectivity index (χ2v) is 4.14. The van der Waals surface area contributed by atoms with Crippen LogP contribution in [0.2, 0.25) is 0 Å². The van der Waals surface area contributed by atoms with Crippen LogP contribution in [0.15, 0.2) is 24.3 Å². The van der Waals surface area contributed by atoms with Gasteiger partial charge in [0.05, 0.1) is 0 Å². The molecule has 0 aromatic heterocycles. The zero-order valence-corrected chi connectivity index (χ0v) is 10.7. The van der Waals surface area contributed by atoms with Crippen molar-refractivity contribution >= 4 is 5.97 Å². The van der Waals surface area contributed by atoms with Gasteiger partial charge in [-0.15, -0.1) is 0 Å². The predicted octanol–water partition coefficient (Wildman–Crippen LogP) is 2.43. The molecule has 0 heterocycles. The van der Waals surface area contributed by atoms with Crippen molar-refractivity contribution in [1.82, 2.24) is 5.32 Å². The Balaban J connectivity index is 2.10. The molecule has 1 aromatic carbocycles. The molecule has 3 nitrogen and oxygen atoms in total. The lowest BCUT2D eigenvalue weighted by Crippen LogP contribution is -2.21. The van der Waals surface area contributed by atoms with Gasteiger partial charge >= 0.3 is 5.97 Å². The Morgan fingerprint density at radius 2 is 2.24 bits per heavy atom. The van der Waals surface area contributed by atoms with Crippen LogP contribution in [0.3, 0.4) is 0 Å². The Labute approximate surface area is 103 Å². The van der Waals surface area contributed by atoms with Crippen LogP contribution in [0.4, 0.5) is 0 Å². The molecular weight excluding hydrogens is 214 g/mol. The summed E-state index contributed by atoms with van der Waals surface area (Å²) in [5.74, 6) is -0.107. The SMILES string of the molecule is CCCC(=O)OCCNCc1cccc(C)c1. The molecule has 0 aliphatic heterocycles. The van der Waals surface area contributed by atoms with Crippen LogP contribution >= 0.6 is 0 Å². The van der Waals surface area contributed by atoms with Crippen LogP contribution in [-0.4, -0.2) is 19.1 Å². The van der Waals surface area contributed by atoms with Gasteiger partial charge in [-0.25, -0.2) is 0 Å². The average Bonchev–Trinajstić information content (AvgIpc) is 2.29. The Kier molecular flexibility index (Phi) is 6.33. The Bertz CT molecular complexity index is 350. The van der Waals surface area contributed by atoms with Gasteiger partial charge in [-0.3, -0.25) is 4.79 Å². The number of benzene rings is 1. The van der Waals surface area contributed by atoms with Gasteiger partial charge in [-0.05, 0) is 18.9 Å². The van der Waals surface area contributed by atoms with E-state index in [0.29, 0.717) is 19.6 Å². The molecule has 0 aliphatic carbocycles. The highest BCUT2D eigenvalue weighted by Crippen LogP contribution is 2.02. The Morgan fingerprint density at radius 3 is 2.94 bits per heavy atom. The molecular formula is C14H21NO2. The highest BCUT2D eigenvalue weighted by atomic mass is 16.5. The summed E-state index contributed by atoms with van der Waals surface area (Å²) in [6.45, 7) is 6.01. The number of aryl methyl sites for hydroxylation is 1. The molecule has 0 bridgehead atoms. The molecule has 17 heavy (non-hydrogen) atoms. The minimum absolute atomic E-state index is 0.107.